The number of hydrogen-bond acceptors (Lipinski definition) is 4. The first-order valence-electron chi connectivity index (χ1n) is 4.87. The summed E-state index contributed by atoms with van der Waals surface area (Å²) >= 11 is 0. The van der Waals surface area contributed by atoms with Gasteiger partial charge in [0.1, 0.15) is 0 Å². The Morgan fingerprint density at radius 3 is 2.75 bits per heavy atom. The second-order valence-electron chi connectivity index (χ2n) is 3.62. The Labute approximate surface area is 94.6 Å². The molecule has 0 aromatic heterocycles. The van der Waals surface area contributed by atoms with E-state index in [9.17, 15) is 8.42 Å². The third kappa shape index (κ3) is 1.67. The molecule has 0 unspecified atom stereocenters. The normalized spacial score (nSPS) is 17.0. The van der Waals surface area contributed by atoms with Gasteiger partial charge in [0.05, 0.1) is 11.5 Å². The van der Waals surface area contributed by atoms with E-state index >= 15 is 0 Å². The van der Waals surface area contributed by atoms with E-state index in [4.69, 9.17) is 10.5 Å². The molecule has 0 saturated heterocycles. The summed E-state index contributed by atoms with van der Waals surface area (Å²) in [6, 6.07) is 5.15. The van der Waals surface area contributed by atoms with Gasteiger partial charge in [-0.1, -0.05) is 12.1 Å². The molecule has 1 aromatic carbocycles. The van der Waals surface area contributed by atoms with Crippen LogP contribution >= 0.6 is 0 Å². The van der Waals surface area contributed by atoms with Gasteiger partial charge in [0, 0.05) is 24.6 Å². The molecule has 5 heteroatoms. The fraction of sp³-hybridized carbons (Fsp3) is 0.273. The molecule has 0 fully saturated rings. The summed E-state index contributed by atoms with van der Waals surface area (Å²) in [6.45, 7) is 0.600. The smallest absolute Gasteiger partial charge is 0.200 e. The Morgan fingerprint density at radius 1 is 1.38 bits per heavy atom. The minimum absolute atomic E-state index is 0.281. The maximum absolute atomic E-state index is 11.8. The van der Waals surface area contributed by atoms with Crippen molar-refractivity contribution in [3.8, 4) is 0 Å². The predicted octanol–water partition coefficient (Wildman–Crippen LogP) is 0.920. The molecule has 0 amide bonds. The standard InChI is InChI=1S/C11H13NO3S/c1-15-6-9-7-16(13,14)10-4-2-3-8(5-12)11(9)10/h2-4,7H,5-6,12H2,1H3. The molecule has 0 spiro atoms. The summed E-state index contributed by atoms with van der Waals surface area (Å²) in [5.41, 5.74) is 7.84. The zero-order valence-corrected chi connectivity index (χ0v) is 9.75. The monoisotopic (exact) mass is 239 g/mol. The van der Waals surface area contributed by atoms with Crippen LogP contribution in [0.4, 0.5) is 0 Å². The first-order valence-corrected chi connectivity index (χ1v) is 6.41. The minimum Gasteiger partial charge on any atom is -0.380 e. The third-order valence-electron chi connectivity index (χ3n) is 2.56. The summed E-state index contributed by atoms with van der Waals surface area (Å²) in [4.78, 5) is 0.336. The van der Waals surface area contributed by atoms with E-state index in [0.717, 1.165) is 5.56 Å². The number of rotatable bonds is 3. The number of hydrogen-bond donors (Lipinski definition) is 1. The van der Waals surface area contributed by atoms with E-state index in [2.05, 4.69) is 0 Å². The SMILES string of the molecule is COCC1=CS(=O)(=O)c2cccc(CN)c21. The molecule has 1 aliphatic rings. The van der Waals surface area contributed by atoms with Crippen LogP contribution in [0.5, 0.6) is 0 Å². The average Bonchev–Trinajstić information content (AvgIpc) is 2.51. The Kier molecular flexibility index (Phi) is 2.84. The van der Waals surface area contributed by atoms with Gasteiger partial charge in [-0.3, -0.25) is 0 Å². The van der Waals surface area contributed by atoms with Crippen molar-refractivity contribution in [1.82, 2.24) is 0 Å². The van der Waals surface area contributed by atoms with Crippen molar-refractivity contribution in [3.05, 3.63) is 34.7 Å². The maximum atomic E-state index is 11.8. The highest BCUT2D eigenvalue weighted by molar-refractivity contribution is 7.95. The van der Waals surface area contributed by atoms with Crippen LogP contribution in [-0.2, 0) is 21.1 Å². The van der Waals surface area contributed by atoms with Crippen LogP contribution in [0.3, 0.4) is 0 Å². The molecule has 1 heterocycles. The lowest BCUT2D eigenvalue weighted by Gasteiger charge is -2.08. The molecular formula is C11H13NO3S. The van der Waals surface area contributed by atoms with Gasteiger partial charge in [0.25, 0.3) is 0 Å². The van der Waals surface area contributed by atoms with Gasteiger partial charge in [0.2, 0.25) is 9.84 Å². The van der Waals surface area contributed by atoms with Crippen LogP contribution in [-0.4, -0.2) is 22.1 Å². The van der Waals surface area contributed by atoms with Gasteiger partial charge in [-0.15, -0.1) is 0 Å². The van der Waals surface area contributed by atoms with Crippen molar-refractivity contribution < 1.29 is 13.2 Å². The van der Waals surface area contributed by atoms with Crippen LogP contribution in [0.15, 0.2) is 28.5 Å². The van der Waals surface area contributed by atoms with E-state index < -0.39 is 9.84 Å². The lowest BCUT2D eigenvalue weighted by atomic mass is 10.0. The first kappa shape index (κ1) is 11.3. The summed E-state index contributed by atoms with van der Waals surface area (Å²) in [7, 11) is -1.77. The van der Waals surface area contributed by atoms with Crippen molar-refractivity contribution >= 4 is 15.4 Å². The molecule has 2 N–H and O–H groups in total. The minimum atomic E-state index is -3.31. The zero-order chi connectivity index (χ0) is 11.8. The topological polar surface area (TPSA) is 69.4 Å². The Hall–Kier alpha value is -1.17. The van der Waals surface area contributed by atoms with Gasteiger partial charge in [0.15, 0.2) is 0 Å². The molecule has 86 valence electrons. The molecule has 4 nitrogen and oxygen atoms in total. The summed E-state index contributed by atoms with van der Waals surface area (Å²) in [5.74, 6) is 0. The van der Waals surface area contributed by atoms with E-state index in [0.29, 0.717) is 22.6 Å². The molecule has 1 aromatic rings. The molecule has 0 saturated carbocycles. The highest BCUT2D eigenvalue weighted by Gasteiger charge is 2.28. The second-order valence-corrected chi connectivity index (χ2v) is 5.38. The number of methoxy groups -OCH3 is 1. The molecule has 16 heavy (non-hydrogen) atoms. The van der Waals surface area contributed by atoms with Crippen molar-refractivity contribution in [1.29, 1.82) is 0 Å². The highest BCUT2D eigenvalue weighted by Crippen LogP contribution is 2.35. The quantitative estimate of drug-likeness (QED) is 0.851. The van der Waals surface area contributed by atoms with Crippen molar-refractivity contribution in [2.24, 2.45) is 5.73 Å². The fourth-order valence-corrected chi connectivity index (χ4v) is 3.42. The van der Waals surface area contributed by atoms with Crippen LogP contribution in [0, 0.1) is 0 Å². The summed E-state index contributed by atoms with van der Waals surface area (Å²) < 4.78 is 28.7. The van der Waals surface area contributed by atoms with Crippen LogP contribution < -0.4 is 5.73 Å². The molecular weight excluding hydrogens is 226 g/mol. The van der Waals surface area contributed by atoms with E-state index in [1.54, 1.807) is 12.1 Å². The van der Waals surface area contributed by atoms with Crippen LogP contribution in [0.25, 0.3) is 5.57 Å². The number of ether oxygens (including phenoxy) is 1. The van der Waals surface area contributed by atoms with Crippen LogP contribution in [0.2, 0.25) is 0 Å². The molecule has 2 rings (SSSR count). The molecule has 0 aliphatic carbocycles. The summed E-state index contributed by atoms with van der Waals surface area (Å²) in [5, 5.41) is 1.26. The van der Waals surface area contributed by atoms with Crippen molar-refractivity contribution in [2.75, 3.05) is 13.7 Å². The van der Waals surface area contributed by atoms with E-state index in [1.165, 1.54) is 12.5 Å². The Balaban J connectivity index is 2.67. The number of sulfone groups is 1. The molecule has 1 aliphatic heterocycles. The third-order valence-corrected chi connectivity index (χ3v) is 4.11. The second kappa shape index (κ2) is 4.01. The van der Waals surface area contributed by atoms with Gasteiger partial charge >= 0.3 is 0 Å². The van der Waals surface area contributed by atoms with E-state index in [1.807, 2.05) is 6.07 Å². The van der Waals surface area contributed by atoms with E-state index in [-0.39, 0.29) is 6.61 Å². The number of fused-ring (bicyclic) bond motifs is 1. The molecule has 0 atom stereocenters. The first-order chi connectivity index (χ1) is 7.60. The zero-order valence-electron chi connectivity index (χ0n) is 8.93. The maximum Gasteiger partial charge on any atom is 0.200 e. The van der Waals surface area contributed by atoms with Crippen molar-refractivity contribution in [2.45, 2.75) is 11.4 Å². The predicted molar refractivity (Wildman–Crippen MR) is 61.4 cm³/mol. The van der Waals surface area contributed by atoms with Gasteiger partial charge in [-0.25, -0.2) is 8.42 Å². The van der Waals surface area contributed by atoms with Gasteiger partial charge in [-0.05, 0) is 17.2 Å². The number of benzene rings is 1. The average molecular weight is 239 g/mol. The number of nitrogens with two attached hydrogens (primary N) is 1. The van der Waals surface area contributed by atoms with Gasteiger partial charge in [-0.2, -0.15) is 0 Å². The molecule has 0 bridgehead atoms. The van der Waals surface area contributed by atoms with Gasteiger partial charge < -0.3 is 10.5 Å². The highest BCUT2D eigenvalue weighted by atomic mass is 32.2. The lowest BCUT2D eigenvalue weighted by Crippen LogP contribution is -2.04. The lowest BCUT2D eigenvalue weighted by molar-refractivity contribution is 0.239. The van der Waals surface area contributed by atoms with Crippen molar-refractivity contribution in [3.63, 3.8) is 0 Å². The summed E-state index contributed by atoms with van der Waals surface area (Å²) in [6.07, 6.45) is 0. The Bertz CT molecular complexity index is 546. The fourth-order valence-electron chi connectivity index (χ4n) is 1.92. The van der Waals surface area contributed by atoms with Crippen LogP contribution in [0.1, 0.15) is 11.1 Å². The Morgan fingerprint density at radius 2 is 2.12 bits per heavy atom. The molecule has 0 radical (unpaired) electrons. The largest absolute Gasteiger partial charge is 0.380 e.